The molecule has 3 aromatic carbocycles. The Hall–Kier alpha value is -4.17. The van der Waals surface area contributed by atoms with Crippen LogP contribution < -0.4 is 18.9 Å². The van der Waals surface area contributed by atoms with E-state index in [1.807, 2.05) is 72.8 Å². The Labute approximate surface area is 188 Å². The van der Waals surface area contributed by atoms with Crippen LogP contribution in [0.25, 0.3) is 23.8 Å². The van der Waals surface area contributed by atoms with Gasteiger partial charge in [-0.2, -0.15) is 5.26 Å². The number of benzene rings is 3. The van der Waals surface area contributed by atoms with E-state index in [0.29, 0.717) is 17.1 Å². The number of allylic oxidation sites excluding steroid dienone is 1. The van der Waals surface area contributed by atoms with E-state index in [4.69, 9.17) is 18.9 Å². The van der Waals surface area contributed by atoms with Crippen LogP contribution in [0.4, 0.5) is 0 Å². The lowest BCUT2D eigenvalue weighted by atomic mass is 9.98. The number of methoxy groups -OCH3 is 4. The Kier molecular flexibility index (Phi) is 7.55. The van der Waals surface area contributed by atoms with Gasteiger partial charge in [-0.15, -0.1) is 0 Å². The zero-order valence-corrected chi connectivity index (χ0v) is 18.6. The van der Waals surface area contributed by atoms with Gasteiger partial charge in [0.2, 0.25) is 0 Å². The Morgan fingerprint density at radius 2 is 1.31 bits per heavy atom. The topological polar surface area (TPSA) is 60.7 Å². The van der Waals surface area contributed by atoms with Crippen molar-refractivity contribution in [1.82, 2.24) is 0 Å². The number of ether oxygens (including phenoxy) is 4. The molecule has 0 heterocycles. The highest BCUT2D eigenvalue weighted by Crippen LogP contribution is 2.33. The smallest absolute Gasteiger partial charge is 0.130 e. The minimum absolute atomic E-state index is 0.509. The summed E-state index contributed by atoms with van der Waals surface area (Å²) in [6, 6.07) is 21.1. The summed E-state index contributed by atoms with van der Waals surface area (Å²) in [6.07, 6.45) is 5.79. The second kappa shape index (κ2) is 10.7. The van der Waals surface area contributed by atoms with Gasteiger partial charge in [-0.3, -0.25) is 0 Å². The van der Waals surface area contributed by atoms with E-state index >= 15 is 0 Å². The van der Waals surface area contributed by atoms with Gasteiger partial charge in [0.25, 0.3) is 0 Å². The molecule has 0 amide bonds. The molecule has 5 heteroatoms. The van der Waals surface area contributed by atoms with Gasteiger partial charge in [0.15, 0.2) is 0 Å². The fourth-order valence-electron chi connectivity index (χ4n) is 3.20. The summed E-state index contributed by atoms with van der Waals surface area (Å²) in [5.41, 5.74) is 3.95. The zero-order valence-electron chi connectivity index (χ0n) is 18.6. The van der Waals surface area contributed by atoms with Crippen molar-refractivity contribution < 1.29 is 18.9 Å². The molecule has 0 unspecified atom stereocenters. The number of hydrogen-bond donors (Lipinski definition) is 0. The van der Waals surface area contributed by atoms with Crippen LogP contribution in [0.3, 0.4) is 0 Å². The second-order valence-corrected chi connectivity index (χ2v) is 6.84. The van der Waals surface area contributed by atoms with Crippen molar-refractivity contribution >= 4 is 23.8 Å². The highest BCUT2D eigenvalue weighted by atomic mass is 16.5. The number of nitrogens with zero attached hydrogens (tertiary/aromatic N) is 1. The minimum Gasteiger partial charge on any atom is -0.497 e. The van der Waals surface area contributed by atoms with Crippen LogP contribution in [-0.4, -0.2) is 28.4 Å². The molecule has 0 atom stereocenters. The molecule has 0 aromatic heterocycles. The molecule has 162 valence electrons. The third kappa shape index (κ3) is 5.30. The van der Waals surface area contributed by atoms with Crippen molar-refractivity contribution in [2.75, 3.05) is 28.4 Å². The van der Waals surface area contributed by atoms with Gasteiger partial charge in [0.1, 0.15) is 23.0 Å². The molecule has 32 heavy (non-hydrogen) atoms. The molecule has 0 spiro atoms. The van der Waals surface area contributed by atoms with E-state index in [2.05, 4.69) is 6.07 Å². The highest BCUT2D eigenvalue weighted by Gasteiger charge is 2.12. The van der Waals surface area contributed by atoms with E-state index in [-0.39, 0.29) is 0 Å². The van der Waals surface area contributed by atoms with Gasteiger partial charge >= 0.3 is 0 Å². The van der Waals surface area contributed by atoms with Crippen LogP contribution >= 0.6 is 0 Å². The van der Waals surface area contributed by atoms with Crippen molar-refractivity contribution in [2.24, 2.45) is 0 Å². The average Bonchev–Trinajstić information content (AvgIpc) is 2.86. The van der Waals surface area contributed by atoms with E-state index in [1.165, 1.54) is 0 Å². The number of rotatable bonds is 8. The van der Waals surface area contributed by atoms with E-state index in [0.717, 1.165) is 33.8 Å². The van der Waals surface area contributed by atoms with Crippen LogP contribution in [-0.2, 0) is 0 Å². The first kappa shape index (κ1) is 22.5. The van der Waals surface area contributed by atoms with Crippen molar-refractivity contribution in [3.05, 3.63) is 82.9 Å². The van der Waals surface area contributed by atoms with Crippen LogP contribution in [0, 0.1) is 11.3 Å². The van der Waals surface area contributed by atoms with Crippen LogP contribution in [0.1, 0.15) is 22.3 Å². The van der Waals surface area contributed by atoms with Gasteiger partial charge in [-0.25, -0.2) is 0 Å². The lowest BCUT2D eigenvalue weighted by molar-refractivity contribution is 0.393. The zero-order chi connectivity index (χ0) is 22.9. The van der Waals surface area contributed by atoms with Crippen molar-refractivity contribution in [1.29, 1.82) is 5.26 Å². The first-order chi connectivity index (χ1) is 15.6. The Morgan fingerprint density at radius 3 is 1.84 bits per heavy atom. The van der Waals surface area contributed by atoms with Gasteiger partial charge < -0.3 is 18.9 Å². The summed E-state index contributed by atoms with van der Waals surface area (Å²) < 4.78 is 21.5. The number of nitriles is 1. The molecule has 3 aromatic rings. The summed E-state index contributed by atoms with van der Waals surface area (Å²) in [5.74, 6) is 2.81. The maximum atomic E-state index is 9.83. The standard InChI is InChI=1S/C27H25NO4/c1-29-23-11-6-19(7-12-23)5-8-21-15-25(31-3)17-27(32-4)26(21)16-22(18-28)20-9-13-24(30-2)14-10-20/h5-17H,1-4H3/b8-5+,22-16+. The SMILES string of the molecule is COc1ccc(/C=C/c2cc(OC)cc(OC)c2/C=C(\C#N)c2ccc(OC)cc2)cc1. The fraction of sp³-hybridized carbons (Fsp3) is 0.148. The van der Waals surface area contributed by atoms with Gasteiger partial charge in [0.05, 0.1) is 40.1 Å². The van der Waals surface area contributed by atoms with Gasteiger partial charge in [-0.1, -0.05) is 24.3 Å². The lowest BCUT2D eigenvalue weighted by Gasteiger charge is -2.12. The fourth-order valence-corrected chi connectivity index (χ4v) is 3.20. The maximum Gasteiger partial charge on any atom is 0.130 e. The summed E-state index contributed by atoms with van der Waals surface area (Å²) in [5, 5.41) is 9.83. The molecule has 0 aliphatic rings. The molecule has 0 aliphatic heterocycles. The molecular weight excluding hydrogens is 402 g/mol. The molecule has 0 saturated carbocycles. The normalized spacial score (nSPS) is 11.2. The monoisotopic (exact) mass is 427 g/mol. The van der Waals surface area contributed by atoms with Crippen LogP contribution in [0.2, 0.25) is 0 Å². The first-order valence-corrected chi connectivity index (χ1v) is 9.96. The van der Waals surface area contributed by atoms with Crippen LogP contribution in [0.15, 0.2) is 60.7 Å². The molecule has 0 aliphatic carbocycles. The largest absolute Gasteiger partial charge is 0.497 e. The van der Waals surface area contributed by atoms with E-state index in [1.54, 1.807) is 34.5 Å². The molecule has 3 rings (SSSR count). The molecule has 0 fully saturated rings. The van der Waals surface area contributed by atoms with Gasteiger partial charge in [-0.05, 0) is 65.2 Å². The summed E-state index contributed by atoms with van der Waals surface area (Å²) in [4.78, 5) is 0. The third-order valence-corrected chi connectivity index (χ3v) is 4.98. The third-order valence-electron chi connectivity index (χ3n) is 4.98. The Balaban J connectivity index is 2.08. The molecular formula is C27H25NO4. The van der Waals surface area contributed by atoms with Crippen molar-refractivity contribution in [3.63, 3.8) is 0 Å². The predicted octanol–water partition coefficient (Wildman–Crippen LogP) is 5.96. The maximum absolute atomic E-state index is 9.83. The Bertz CT molecular complexity index is 1150. The summed E-state index contributed by atoms with van der Waals surface area (Å²) >= 11 is 0. The van der Waals surface area contributed by atoms with E-state index < -0.39 is 0 Å². The first-order valence-electron chi connectivity index (χ1n) is 9.96. The second-order valence-electron chi connectivity index (χ2n) is 6.84. The molecule has 0 radical (unpaired) electrons. The quantitative estimate of drug-likeness (QED) is 0.328. The molecule has 5 nitrogen and oxygen atoms in total. The Morgan fingerprint density at radius 1 is 0.719 bits per heavy atom. The van der Waals surface area contributed by atoms with Gasteiger partial charge in [0, 0.05) is 11.6 Å². The van der Waals surface area contributed by atoms with Crippen LogP contribution in [0.5, 0.6) is 23.0 Å². The molecule has 0 saturated heterocycles. The minimum atomic E-state index is 0.509. The molecule has 0 N–H and O–H groups in total. The lowest BCUT2D eigenvalue weighted by Crippen LogP contribution is -1.94. The van der Waals surface area contributed by atoms with Crippen molar-refractivity contribution in [3.8, 4) is 29.1 Å². The highest BCUT2D eigenvalue weighted by molar-refractivity contribution is 5.93. The average molecular weight is 428 g/mol. The van der Waals surface area contributed by atoms with Crippen molar-refractivity contribution in [2.45, 2.75) is 0 Å². The van der Waals surface area contributed by atoms with E-state index in [9.17, 15) is 5.26 Å². The summed E-state index contributed by atoms with van der Waals surface area (Å²) in [6.45, 7) is 0. The predicted molar refractivity (Wildman–Crippen MR) is 128 cm³/mol. The summed E-state index contributed by atoms with van der Waals surface area (Å²) in [7, 11) is 6.46. The molecule has 0 bridgehead atoms. The number of hydrogen-bond acceptors (Lipinski definition) is 5.